The summed E-state index contributed by atoms with van der Waals surface area (Å²) in [7, 11) is -0.688. The molecule has 12 heavy (non-hydrogen) atoms. The summed E-state index contributed by atoms with van der Waals surface area (Å²) in [5, 5.41) is 6.68. The molecule has 0 fully saturated rings. The van der Waals surface area contributed by atoms with Crippen LogP contribution in [0, 0.1) is 0 Å². The van der Waals surface area contributed by atoms with Crippen molar-refractivity contribution in [2.24, 2.45) is 0 Å². The first kappa shape index (κ1) is 11.8. The van der Waals surface area contributed by atoms with Crippen LogP contribution in [0.3, 0.4) is 0 Å². The van der Waals surface area contributed by atoms with Gasteiger partial charge in [-0.15, -0.1) is 0 Å². The van der Waals surface area contributed by atoms with Crippen molar-refractivity contribution < 1.29 is 4.21 Å². The molecule has 0 aliphatic carbocycles. The van der Waals surface area contributed by atoms with Crippen molar-refractivity contribution in [3.8, 4) is 0 Å². The van der Waals surface area contributed by atoms with E-state index in [0.29, 0.717) is 5.11 Å². The van der Waals surface area contributed by atoms with Gasteiger partial charge in [0.25, 0.3) is 0 Å². The summed E-state index contributed by atoms with van der Waals surface area (Å²) in [6.07, 6.45) is 2.61. The Morgan fingerprint density at radius 1 is 1.50 bits per heavy atom. The Labute approximate surface area is 81.8 Å². The zero-order valence-electron chi connectivity index (χ0n) is 7.55. The molecule has 2 N–H and O–H groups in total. The lowest BCUT2D eigenvalue weighted by molar-refractivity contribution is 0.683. The summed E-state index contributed by atoms with van der Waals surface area (Å²) < 4.78 is 10.6. The van der Waals surface area contributed by atoms with E-state index in [2.05, 4.69) is 10.6 Å². The van der Waals surface area contributed by atoms with E-state index >= 15 is 0 Å². The summed E-state index contributed by atoms with van der Waals surface area (Å²) in [6.45, 7) is 3.63. The zero-order chi connectivity index (χ0) is 9.40. The maximum absolute atomic E-state index is 10.6. The van der Waals surface area contributed by atoms with Crippen LogP contribution in [-0.4, -0.2) is 34.4 Å². The molecular formula is C7H16N2OS2. The number of hydrogen-bond acceptors (Lipinski definition) is 2. The minimum Gasteiger partial charge on any atom is -0.363 e. The van der Waals surface area contributed by atoms with Crippen LogP contribution in [0.4, 0.5) is 0 Å². The van der Waals surface area contributed by atoms with Crippen molar-refractivity contribution in [1.82, 2.24) is 10.6 Å². The van der Waals surface area contributed by atoms with Gasteiger partial charge in [-0.3, -0.25) is 4.21 Å². The van der Waals surface area contributed by atoms with E-state index in [1.54, 1.807) is 6.26 Å². The first-order chi connectivity index (χ1) is 5.66. The Bertz CT molecular complexity index is 161. The van der Waals surface area contributed by atoms with Gasteiger partial charge in [-0.25, -0.2) is 0 Å². The van der Waals surface area contributed by atoms with Crippen LogP contribution in [0.5, 0.6) is 0 Å². The van der Waals surface area contributed by atoms with Crippen LogP contribution in [0.15, 0.2) is 0 Å². The smallest absolute Gasteiger partial charge is 0.166 e. The van der Waals surface area contributed by atoms with Crippen molar-refractivity contribution in [1.29, 1.82) is 0 Å². The van der Waals surface area contributed by atoms with Gasteiger partial charge in [-0.1, -0.05) is 0 Å². The standard InChI is InChI=1S/C7H16N2OS2/c1-3-8-7(11)9-5-4-6-12(2)10/h3-6H2,1-2H3,(H2,8,9,11). The summed E-state index contributed by atoms with van der Waals surface area (Å²) in [6, 6.07) is 0. The van der Waals surface area contributed by atoms with Crippen molar-refractivity contribution in [2.75, 3.05) is 25.1 Å². The van der Waals surface area contributed by atoms with Crippen LogP contribution < -0.4 is 10.6 Å². The normalized spacial score (nSPS) is 12.2. The van der Waals surface area contributed by atoms with Crippen LogP contribution in [-0.2, 0) is 10.8 Å². The van der Waals surface area contributed by atoms with Gasteiger partial charge < -0.3 is 10.6 Å². The lowest BCUT2D eigenvalue weighted by atomic mass is 10.5. The maximum Gasteiger partial charge on any atom is 0.166 e. The predicted molar refractivity (Wildman–Crippen MR) is 57.8 cm³/mol. The molecule has 0 aromatic rings. The van der Waals surface area contributed by atoms with Crippen molar-refractivity contribution in [2.45, 2.75) is 13.3 Å². The minimum atomic E-state index is -0.688. The molecule has 0 aromatic heterocycles. The van der Waals surface area contributed by atoms with E-state index in [4.69, 9.17) is 12.2 Å². The molecule has 0 aromatic carbocycles. The molecule has 1 unspecified atom stereocenters. The monoisotopic (exact) mass is 208 g/mol. The molecule has 0 rings (SSSR count). The van der Waals surface area contributed by atoms with Crippen molar-refractivity contribution >= 4 is 28.1 Å². The molecule has 5 heteroatoms. The largest absolute Gasteiger partial charge is 0.363 e. The summed E-state index contributed by atoms with van der Waals surface area (Å²) in [5.74, 6) is 0.738. The summed E-state index contributed by atoms with van der Waals surface area (Å²) >= 11 is 4.93. The molecule has 72 valence electrons. The van der Waals surface area contributed by atoms with Crippen LogP contribution in [0.2, 0.25) is 0 Å². The lowest BCUT2D eigenvalue weighted by Gasteiger charge is -2.07. The average molecular weight is 208 g/mol. The summed E-state index contributed by atoms with van der Waals surface area (Å²) in [5.41, 5.74) is 0. The van der Waals surface area contributed by atoms with Gasteiger partial charge in [-0.2, -0.15) is 0 Å². The third-order valence-electron chi connectivity index (χ3n) is 1.23. The quantitative estimate of drug-likeness (QED) is 0.502. The van der Waals surface area contributed by atoms with Gasteiger partial charge in [-0.05, 0) is 25.6 Å². The first-order valence-corrected chi connectivity index (χ1v) is 6.12. The van der Waals surface area contributed by atoms with Gasteiger partial charge in [0.15, 0.2) is 5.11 Å². The van der Waals surface area contributed by atoms with Gasteiger partial charge in [0, 0.05) is 35.9 Å². The molecule has 3 nitrogen and oxygen atoms in total. The van der Waals surface area contributed by atoms with Gasteiger partial charge in [0.05, 0.1) is 0 Å². The fourth-order valence-corrected chi connectivity index (χ4v) is 1.50. The van der Waals surface area contributed by atoms with E-state index in [1.165, 1.54) is 0 Å². The molecule has 0 saturated heterocycles. The Kier molecular flexibility index (Phi) is 7.39. The number of hydrogen-bond donors (Lipinski definition) is 2. The Morgan fingerprint density at radius 2 is 2.17 bits per heavy atom. The fraction of sp³-hybridized carbons (Fsp3) is 0.857. The third kappa shape index (κ3) is 7.94. The SMILES string of the molecule is CCNC(=S)NCCCS(C)=O. The number of rotatable bonds is 5. The highest BCUT2D eigenvalue weighted by molar-refractivity contribution is 7.84. The Morgan fingerprint density at radius 3 is 2.67 bits per heavy atom. The molecule has 0 spiro atoms. The molecule has 0 bridgehead atoms. The molecule has 0 heterocycles. The fourth-order valence-electron chi connectivity index (χ4n) is 0.700. The number of thiocarbonyl (C=S) groups is 1. The van der Waals surface area contributed by atoms with Crippen LogP contribution >= 0.6 is 12.2 Å². The molecule has 0 aliphatic heterocycles. The Hall–Kier alpha value is -0.160. The molecular weight excluding hydrogens is 192 g/mol. The molecule has 1 atom stereocenters. The summed E-state index contributed by atoms with van der Waals surface area (Å²) in [4.78, 5) is 0. The first-order valence-electron chi connectivity index (χ1n) is 3.98. The minimum absolute atomic E-state index is 0.680. The average Bonchev–Trinajstić information content (AvgIpc) is 1.98. The van der Waals surface area contributed by atoms with E-state index < -0.39 is 10.8 Å². The van der Waals surface area contributed by atoms with E-state index in [9.17, 15) is 4.21 Å². The third-order valence-corrected chi connectivity index (χ3v) is 2.38. The molecule has 0 radical (unpaired) electrons. The molecule has 0 aliphatic rings. The lowest BCUT2D eigenvalue weighted by Crippen LogP contribution is -2.35. The van der Waals surface area contributed by atoms with E-state index in [-0.39, 0.29) is 0 Å². The van der Waals surface area contributed by atoms with Gasteiger partial charge in [0.1, 0.15) is 0 Å². The van der Waals surface area contributed by atoms with Crippen LogP contribution in [0.25, 0.3) is 0 Å². The van der Waals surface area contributed by atoms with Crippen molar-refractivity contribution in [3.63, 3.8) is 0 Å². The highest BCUT2D eigenvalue weighted by Gasteiger charge is 1.93. The second-order valence-electron chi connectivity index (χ2n) is 2.42. The highest BCUT2D eigenvalue weighted by atomic mass is 32.2. The van der Waals surface area contributed by atoms with Gasteiger partial charge >= 0.3 is 0 Å². The highest BCUT2D eigenvalue weighted by Crippen LogP contribution is 1.81. The maximum atomic E-state index is 10.6. The second-order valence-corrected chi connectivity index (χ2v) is 4.38. The molecule has 0 amide bonds. The topological polar surface area (TPSA) is 41.1 Å². The second kappa shape index (κ2) is 7.49. The Balaban J connectivity index is 3.19. The predicted octanol–water partition coefficient (Wildman–Crippen LogP) is 0.239. The van der Waals surface area contributed by atoms with Gasteiger partial charge in [0.2, 0.25) is 0 Å². The van der Waals surface area contributed by atoms with E-state index in [0.717, 1.165) is 25.3 Å². The van der Waals surface area contributed by atoms with Crippen molar-refractivity contribution in [3.05, 3.63) is 0 Å². The molecule has 0 saturated carbocycles. The number of nitrogens with one attached hydrogen (secondary N) is 2. The van der Waals surface area contributed by atoms with E-state index in [1.807, 2.05) is 6.92 Å². The van der Waals surface area contributed by atoms with Crippen LogP contribution in [0.1, 0.15) is 13.3 Å². The zero-order valence-corrected chi connectivity index (χ0v) is 9.19.